The van der Waals surface area contributed by atoms with E-state index in [1.54, 1.807) is 0 Å². The average molecular weight is 186 g/mol. The van der Waals surface area contributed by atoms with E-state index in [0.29, 0.717) is 6.61 Å². The Hall–Kier alpha value is -0.570. The van der Waals surface area contributed by atoms with E-state index in [2.05, 4.69) is 0 Å². The van der Waals surface area contributed by atoms with Crippen molar-refractivity contribution in [3.8, 4) is 0 Å². The summed E-state index contributed by atoms with van der Waals surface area (Å²) >= 11 is 0. The SMILES string of the molecule is CC(C)OCC1C(C(=O)O)C1(C)C. The number of hydrogen-bond donors (Lipinski definition) is 1. The fourth-order valence-corrected chi connectivity index (χ4v) is 1.84. The molecule has 0 aliphatic heterocycles. The van der Waals surface area contributed by atoms with Crippen LogP contribution in [-0.4, -0.2) is 23.8 Å². The molecule has 13 heavy (non-hydrogen) atoms. The lowest BCUT2D eigenvalue weighted by molar-refractivity contribution is -0.139. The molecule has 1 saturated carbocycles. The van der Waals surface area contributed by atoms with Crippen LogP contribution in [0.4, 0.5) is 0 Å². The van der Waals surface area contributed by atoms with Gasteiger partial charge in [-0.25, -0.2) is 0 Å². The van der Waals surface area contributed by atoms with Crippen LogP contribution >= 0.6 is 0 Å². The second kappa shape index (κ2) is 3.29. The van der Waals surface area contributed by atoms with Gasteiger partial charge in [-0.05, 0) is 19.3 Å². The third-order valence-corrected chi connectivity index (χ3v) is 2.93. The number of ether oxygens (including phenoxy) is 1. The van der Waals surface area contributed by atoms with Gasteiger partial charge >= 0.3 is 5.97 Å². The molecule has 0 aromatic heterocycles. The van der Waals surface area contributed by atoms with E-state index in [1.807, 2.05) is 27.7 Å². The summed E-state index contributed by atoms with van der Waals surface area (Å²) in [6.07, 6.45) is 0.186. The fourth-order valence-electron chi connectivity index (χ4n) is 1.84. The highest BCUT2D eigenvalue weighted by Gasteiger charge is 2.62. The summed E-state index contributed by atoms with van der Waals surface area (Å²) < 4.78 is 5.42. The van der Waals surface area contributed by atoms with E-state index in [4.69, 9.17) is 9.84 Å². The van der Waals surface area contributed by atoms with Crippen molar-refractivity contribution in [1.29, 1.82) is 0 Å². The molecule has 0 amide bonds. The monoisotopic (exact) mass is 186 g/mol. The van der Waals surface area contributed by atoms with Crippen LogP contribution in [0.2, 0.25) is 0 Å². The maximum atomic E-state index is 10.8. The van der Waals surface area contributed by atoms with Crippen LogP contribution in [0.15, 0.2) is 0 Å². The minimum absolute atomic E-state index is 0.0826. The van der Waals surface area contributed by atoms with Crippen molar-refractivity contribution in [3.63, 3.8) is 0 Å². The fraction of sp³-hybridized carbons (Fsp3) is 0.900. The summed E-state index contributed by atoms with van der Waals surface area (Å²) in [6.45, 7) is 8.47. The molecule has 2 atom stereocenters. The van der Waals surface area contributed by atoms with Gasteiger partial charge in [0.05, 0.1) is 18.6 Å². The van der Waals surface area contributed by atoms with E-state index < -0.39 is 5.97 Å². The van der Waals surface area contributed by atoms with Crippen molar-refractivity contribution in [1.82, 2.24) is 0 Å². The number of hydrogen-bond acceptors (Lipinski definition) is 2. The van der Waals surface area contributed by atoms with Crippen molar-refractivity contribution in [2.24, 2.45) is 17.3 Å². The Kier molecular flexibility index (Phi) is 2.66. The first-order chi connectivity index (χ1) is 5.87. The highest BCUT2D eigenvalue weighted by Crippen LogP contribution is 2.58. The van der Waals surface area contributed by atoms with Gasteiger partial charge in [0, 0.05) is 5.92 Å². The summed E-state index contributed by atoms with van der Waals surface area (Å²) in [4.78, 5) is 10.8. The van der Waals surface area contributed by atoms with E-state index in [-0.39, 0.29) is 23.4 Å². The van der Waals surface area contributed by atoms with Crippen LogP contribution in [0.1, 0.15) is 27.7 Å². The number of carboxylic acids is 1. The first-order valence-electron chi connectivity index (χ1n) is 4.71. The number of carbonyl (C=O) groups is 1. The van der Waals surface area contributed by atoms with Crippen molar-refractivity contribution in [2.75, 3.05) is 6.61 Å². The van der Waals surface area contributed by atoms with Gasteiger partial charge < -0.3 is 9.84 Å². The first kappa shape index (κ1) is 10.5. The highest BCUT2D eigenvalue weighted by molar-refractivity contribution is 5.75. The predicted octanol–water partition coefficient (Wildman–Crippen LogP) is 1.77. The lowest BCUT2D eigenvalue weighted by Crippen LogP contribution is -2.08. The van der Waals surface area contributed by atoms with Crippen LogP contribution in [0, 0.1) is 17.3 Å². The van der Waals surface area contributed by atoms with E-state index in [0.717, 1.165) is 0 Å². The molecule has 2 unspecified atom stereocenters. The van der Waals surface area contributed by atoms with Gasteiger partial charge in [0.15, 0.2) is 0 Å². The van der Waals surface area contributed by atoms with Crippen molar-refractivity contribution >= 4 is 5.97 Å². The molecule has 0 spiro atoms. The summed E-state index contributed by atoms with van der Waals surface area (Å²) in [5.74, 6) is -0.721. The Labute approximate surface area is 79.1 Å². The Morgan fingerprint density at radius 1 is 1.54 bits per heavy atom. The third-order valence-electron chi connectivity index (χ3n) is 2.93. The second-order valence-electron chi connectivity index (χ2n) is 4.63. The second-order valence-corrected chi connectivity index (χ2v) is 4.63. The van der Waals surface area contributed by atoms with Crippen LogP contribution in [-0.2, 0) is 9.53 Å². The summed E-state index contributed by atoms with van der Waals surface area (Å²) in [7, 11) is 0. The molecule has 1 aliphatic carbocycles. The zero-order valence-electron chi connectivity index (χ0n) is 8.70. The molecule has 76 valence electrons. The molecule has 0 saturated heterocycles. The zero-order valence-corrected chi connectivity index (χ0v) is 8.70. The zero-order chi connectivity index (χ0) is 10.2. The molecule has 0 heterocycles. The van der Waals surface area contributed by atoms with Gasteiger partial charge in [0.2, 0.25) is 0 Å². The van der Waals surface area contributed by atoms with E-state index in [9.17, 15) is 4.79 Å². The van der Waals surface area contributed by atoms with Crippen molar-refractivity contribution in [3.05, 3.63) is 0 Å². The Bertz CT molecular complexity index is 208. The van der Waals surface area contributed by atoms with Gasteiger partial charge in [-0.1, -0.05) is 13.8 Å². The standard InChI is InChI=1S/C10H18O3/c1-6(2)13-5-7-8(9(11)12)10(7,3)4/h6-8H,5H2,1-4H3,(H,11,12). The number of rotatable bonds is 4. The van der Waals surface area contributed by atoms with Gasteiger partial charge in [-0.3, -0.25) is 4.79 Å². The van der Waals surface area contributed by atoms with Gasteiger partial charge in [-0.2, -0.15) is 0 Å². The van der Waals surface area contributed by atoms with E-state index in [1.165, 1.54) is 0 Å². The minimum Gasteiger partial charge on any atom is -0.481 e. The molecular formula is C10H18O3. The average Bonchev–Trinajstić information content (AvgIpc) is 2.48. The molecule has 0 aromatic carbocycles. The highest BCUT2D eigenvalue weighted by atomic mass is 16.5. The third kappa shape index (κ3) is 2.02. The largest absolute Gasteiger partial charge is 0.481 e. The van der Waals surface area contributed by atoms with Gasteiger partial charge in [-0.15, -0.1) is 0 Å². The lowest BCUT2D eigenvalue weighted by atomic mass is 10.1. The molecule has 3 heteroatoms. The lowest BCUT2D eigenvalue weighted by Gasteiger charge is -2.07. The summed E-state index contributed by atoms with van der Waals surface area (Å²) in [5, 5.41) is 8.87. The maximum absolute atomic E-state index is 10.8. The quantitative estimate of drug-likeness (QED) is 0.727. The smallest absolute Gasteiger partial charge is 0.307 e. The molecule has 1 N–H and O–H groups in total. The topological polar surface area (TPSA) is 46.5 Å². The molecule has 3 nitrogen and oxygen atoms in total. The van der Waals surface area contributed by atoms with E-state index >= 15 is 0 Å². The molecule has 0 bridgehead atoms. The molecule has 1 aliphatic rings. The Morgan fingerprint density at radius 2 is 2.08 bits per heavy atom. The van der Waals surface area contributed by atoms with Crippen LogP contribution in [0.25, 0.3) is 0 Å². The van der Waals surface area contributed by atoms with Gasteiger partial charge in [0.1, 0.15) is 0 Å². The minimum atomic E-state index is -0.692. The normalized spacial score (nSPS) is 30.5. The van der Waals surface area contributed by atoms with Gasteiger partial charge in [0.25, 0.3) is 0 Å². The summed E-state index contributed by atoms with van der Waals surface area (Å²) in [6, 6.07) is 0. The van der Waals surface area contributed by atoms with Crippen LogP contribution in [0.3, 0.4) is 0 Å². The summed E-state index contributed by atoms with van der Waals surface area (Å²) in [5.41, 5.74) is -0.0826. The Morgan fingerprint density at radius 3 is 2.38 bits per heavy atom. The van der Waals surface area contributed by atoms with Crippen molar-refractivity contribution in [2.45, 2.75) is 33.8 Å². The van der Waals surface area contributed by atoms with Crippen LogP contribution in [0.5, 0.6) is 0 Å². The molecule has 0 radical (unpaired) electrons. The Balaban J connectivity index is 2.42. The van der Waals surface area contributed by atoms with Crippen molar-refractivity contribution < 1.29 is 14.6 Å². The first-order valence-corrected chi connectivity index (χ1v) is 4.71. The number of aliphatic carboxylic acids is 1. The van der Waals surface area contributed by atoms with Crippen LogP contribution < -0.4 is 0 Å². The predicted molar refractivity (Wildman–Crippen MR) is 49.5 cm³/mol. The molecule has 0 aromatic rings. The molecular weight excluding hydrogens is 168 g/mol. The molecule has 1 fully saturated rings. The maximum Gasteiger partial charge on any atom is 0.307 e. The number of carboxylic acid groups (broad SMARTS) is 1. The molecule has 1 rings (SSSR count).